The van der Waals surface area contributed by atoms with Gasteiger partial charge < -0.3 is 0 Å². The zero-order chi connectivity index (χ0) is 9.54. The molecule has 1 aromatic heterocycles. The summed E-state index contributed by atoms with van der Waals surface area (Å²) in [5, 5.41) is 8.34. The molecule has 0 fully saturated rings. The predicted molar refractivity (Wildman–Crippen MR) is 60.4 cm³/mol. The lowest BCUT2D eigenvalue weighted by Gasteiger charge is -2.17. The predicted octanol–water partition coefficient (Wildman–Crippen LogP) is 3.20. The normalized spacial score (nSPS) is 15.8. The van der Waals surface area contributed by atoms with Crippen molar-refractivity contribution in [3.8, 4) is 0 Å². The average Bonchev–Trinajstić information content (AvgIpc) is 2.66. The summed E-state index contributed by atoms with van der Waals surface area (Å²) in [4.78, 5) is 0. The number of aromatic nitrogens is 2. The van der Waals surface area contributed by atoms with Crippen LogP contribution in [0.25, 0.3) is 10.9 Å². The Hall–Kier alpha value is -0.830. The Kier molecular flexibility index (Phi) is 1.87. The number of benzene rings is 1. The van der Waals surface area contributed by atoms with Crippen molar-refractivity contribution in [3.05, 3.63) is 27.9 Å². The van der Waals surface area contributed by atoms with Crippen molar-refractivity contribution >= 4 is 26.8 Å². The number of fused-ring (bicyclic) bond motifs is 2. The molecule has 72 valence electrons. The fourth-order valence-electron chi connectivity index (χ4n) is 2.26. The number of nitrogens with one attached hydrogen (secondary N) is 1. The average molecular weight is 251 g/mol. The highest BCUT2D eigenvalue weighted by Gasteiger charge is 2.15. The first-order valence-electron chi connectivity index (χ1n) is 4.99. The third-order valence-corrected chi connectivity index (χ3v) is 3.87. The monoisotopic (exact) mass is 250 g/mol. The third kappa shape index (κ3) is 1.12. The van der Waals surface area contributed by atoms with Gasteiger partial charge in [-0.25, -0.2) is 0 Å². The molecule has 1 heterocycles. The fourth-order valence-corrected chi connectivity index (χ4v) is 3.03. The van der Waals surface area contributed by atoms with Gasteiger partial charge in [0.2, 0.25) is 0 Å². The number of aryl methyl sites for hydroxylation is 1. The SMILES string of the molecule is Brc1c2c(cc3cn[nH]c13)CCCC2. The van der Waals surface area contributed by atoms with E-state index in [2.05, 4.69) is 32.2 Å². The Balaban J connectivity index is 2.36. The molecule has 14 heavy (non-hydrogen) atoms. The number of rotatable bonds is 0. The van der Waals surface area contributed by atoms with Crippen LogP contribution in [0.5, 0.6) is 0 Å². The summed E-state index contributed by atoms with van der Waals surface area (Å²) in [5.41, 5.74) is 4.12. The molecule has 2 aromatic rings. The molecule has 0 saturated heterocycles. The molecule has 1 aliphatic carbocycles. The molecule has 1 aromatic carbocycles. The number of halogens is 1. The second-order valence-electron chi connectivity index (χ2n) is 3.87. The second-order valence-corrected chi connectivity index (χ2v) is 4.66. The quantitative estimate of drug-likeness (QED) is 0.765. The maximum Gasteiger partial charge on any atom is 0.0795 e. The van der Waals surface area contributed by atoms with Crippen LogP contribution >= 0.6 is 15.9 Å². The zero-order valence-corrected chi connectivity index (χ0v) is 9.39. The van der Waals surface area contributed by atoms with Gasteiger partial charge in [-0.05, 0) is 58.8 Å². The lowest BCUT2D eigenvalue weighted by molar-refractivity contribution is 0.684. The van der Waals surface area contributed by atoms with E-state index in [-0.39, 0.29) is 0 Å². The molecule has 0 radical (unpaired) electrons. The number of hydrogen-bond acceptors (Lipinski definition) is 1. The minimum atomic E-state index is 1.14. The lowest BCUT2D eigenvalue weighted by Crippen LogP contribution is -2.03. The highest BCUT2D eigenvalue weighted by atomic mass is 79.9. The van der Waals surface area contributed by atoms with Crippen LogP contribution in [-0.4, -0.2) is 10.2 Å². The first-order valence-corrected chi connectivity index (χ1v) is 5.79. The summed E-state index contributed by atoms with van der Waals surface area (Å²) in [5.74, 6) is 0. The van der Waals surface area contributed by atoms with Crippen molar-refractivity contribution in [1.82, 2.24) is 10.2 Å². The van der Waals surface area contributed by atoms with Crippen molar-refractivity contribution in [2.45, 2.75) is 25.7 Å². The molecule has 3 heteroatoms. The Morgan fingerprint density at radius 3 is 3.07 bits per heavy atom. The first-order chi connectivity index (χ1) is 6.86. The number of nitrogens with zero attached hydrogens (tertiary/aromatic N) is 1. The van der Waals surface area contributed by atoms with E-state index in [1.54, 1.807) is 0 Å². The van der Waals surface area contributed by atoms with Crippen molar-refractivity contribution in [2.24, 2.45) is 0 Å². The highest BCUT2D eigenvalue weighted by Crippen LogP contribution is 2.33. The molecular weight excluding hydrogens is 240 g/mol. The van der Waals surface area contributed by atoms with E-state index in [1.807, 2.05) is 6.20 Å². The van der Waals surface area contributed by atoms with E-state index < -0.39 is 0 Å². The van der Waals surface area contributed by atoms with Gasteiger partial charge in [0.1, 0.15) is 0 Å². The standard InChI is InChI=1S/C11H11BrN2/c12-10-9-4-2-1-3-7(9)5-8-6-13-14-11(8)10/h5-6H,1-4H2,(H,13,14). The van der Waals surface area contributed by atoms with Crippen LogP contribution < -0.4 is 0 Å². The third-order valence-electron chi connectivity index (χ3n) is 2.99. The molecule has 3 rings (SSSR count). The second kappa shape index (κ2) is 3.09. The molecular formula is C11H11BrN2. The smallest absolute Gasteiger partial charge is 0.0795 e. The van der Waals surface area contributed by atoms with Gasteiger partial charge in [-0.2, -0.15) is 5.10 Å². The van der Waals surface area contributed by atoms with Crippen LogP contribution in [0.3, 0.4) is 0 Å². The largest absolute Gasteiger partial charge is 0.277 e. The molecule has 1 N–H and O–H groups in total. The molecule has 1 aliphatic rings. The molecule has 0 spiro atoms. The van der Waals surface area contributed by atoms with E-state index in [0.29, 0.717) is 0 Å². The van der Waals surface area contributed by atoms with Gasteiger partial charge >= 0.3 is 0 Å². The number of hydrogen-bond donors (Lipinski definition) is 1. The van der Waals surface area contributed by atoms with Crippen LogP contribution in [-0.2, 0) is 12.8 Å². The summed E-state index contributed by atoms with van der Waals surface area (Å²) in [6, 6.07) is 2.28. The Morgan fingerprint density at radius 1 is 1.29 bits per heavy atom. The van der Waals surface area contributed by atoms with Gasteiger partial charge in [0.05, 0.1) is 11.7 Å². The van der Waals surface area contributed by atoms with E-state index in [9.17, 15) is 0 Å². The van der Waals surface area contributed by atoms with Crippen LogP contribution in [0.1, 0.15) is 24.0 Å². The van der Waals surface area contributed by atoms with Gasteiger partial charge in [-0.1, -0.05) is 0 Å². The van der Waals surface area contributed by atoms with Gasteiger partial charge in [0, 0.05) is 9.86 Å². The van der Waals surface area contributed by atoms with Crippen molar-refractivity contribution in [3.63, 3.8) is 0 Å². The summed E-state index contributed by atoms with van der Waals surface area (Å²) >= 11 is 3.68. The Labute approximate surface area is 90.8 Å². The Morgan fingerprint density at radius 2 is 2.14 bits per heavy atom. The highest BCUT2D eigenvalue weighted by molar-refractivity contribution is 9.10. The van der Waals surface area contributed by atoms with Crippen LogP contribution in [0.2, 0.25) is 0 Å². The van der Waals surface area contributed by atoms with E-state index in [4.69, 9.17) is 0 Å². The molecule has 0 unspecified atom stereocenters. The number of aromatic amines is 1. The molecule has 0 bridgehead atoms. The minimum absolute atomic E-state index is 1.14. The number of H-pyrrole nitrogens is 1. The van der Waals surface area contributed by atoms with Crippen LogP contribution in [0.15, 0.2) is 16.7 Å². The van der Waals surface area contributed by atoms with E-state index in [0.717, 1.165) is 5.52 Å². The molecule has 0 saturated carbocycles. The maximum atomic E-state index is 4.08. The Bertz CT molecular complexity index is 487. The van der Waals surface area contributed by atoms with E-state index >= 15 is 0 Å². The summed E-state index contributed by atoms with van der Waals surface area (Å²) in [7, 11) is 0. The van der Waals surface area contributed by atoms with Gasteiger partial charge in [0.25, 0.3) is 0 Å². The molecule has 2 nitrogen and oxygen atoms in total. The van der Waals surface area contributed by atoms with Gasteiger partial charge in [0.15, 0.2) is 0 Å². The maximum absolute atomic E-state index is 4.08. The first kappa shape index (κ1) is 8.48. The van der Waals surface area contributed by atoms with Gasteiger partial charge in [-0.15, -0.1) is 0 Å². The van der Waals surface area contributed by atoms with Crippen LogP contribution in [0, 0.1) is 0 Å². The van der Waals surface area contributed by atoms with Crippen LogP contribution in [0.4, 0.5) is 0 Å². The molecule has 0 atom stereocenters. The lowest BCUT2D eigenvalue weighted by atomic mass is 9.91. The fraction of sp³-hybridized carbons (Fsp3) is 0.364. The van der Waals surface area contributed by atoms with Crippen molar-refractivity contribution in [1.29, 1.82) is 0 Å². The van der Waals surface area contributed by atoms with E-state index in [1.165, 1.54) is 46.7 Å². The summed E-state index contributed by atoms with van der Waals surface area (Å²) in [6.07, 6.45) is 6.95. The summed E-state index contributed by atoms with van der Waals surface area (Å²) in [6.45, 7) is 0. The topological polar surface area (TPSA) is 28.7 Å². The molecule has 0 aliphatic heterocycles. The van der Waals surface area contributed by atoms with Crippen molar-refractivity contribution in [2.75, 3.05) is 0 Å². The van der Waals surface area contributed by atoms with Crippen molar-refractivity contribution < 1.29 is 0 Å². The molecule has 0 amide bonds. The zero-order valence-electron chi connectivity index (χ0n) is 7.81. The summed E-state index contributed by atoms with van der Waals surface area (Å²) < 4.78 is 1.22. The van der Waals surface area contributed by atoms with Gasteiger partial charge in [-0.3, -0.25) is 5.10 Å². The minimum Gasteiger partial charge on any atom is -0.277 e.